The van der Waals surface area contributed by atoms with Crippen LogP contribution in [-0.4, -0.2) is 32.3 Å². The van der Waals surface area contributed by atoms with Crippen molar-refractivity contribution in [3.8, 4) is 17.4 Å². The lowest BCUT2D eigenvalue weighted by Crippen LogP contribution is -2.30. The highest BCUT2D eigenvalue weighted by atomic mass is 16.6. The maximum Gasteiger partial charge on any atom is 0.420 e. The highest BCUT2D eigenvalue weighted by Crippen LogP contribution is 2.19. The van der Waals surface area contributed by atoms with Crippen LogP contribution in [0.2, 0.25) is 0 Å². The Bertz CT molecular complexity index is 613. The fourth-order valence-corrected chi connectivity index (χ4v) is 1.61. The van der Waals surface area contributed by atoms with E-state index < -0.39 is 6.09 Å². The number of carbonyl (C=O) groups is 1. The zero-order valence-electron chi connectivity index (χ0n) is 12.1. The summed E-state index contributed by atoms with van der Waals surface area (Å²) in [5, 5.41) is 0. The lowest BCUT2D eigenvalue weighted by Gasteiger charge is -2.16. The molecule has 0 unspecified atom stereocenters. The number of ether oxygens (including phenoxy) is 3. The van der Waals surface area contributed by atoms with Gasteiger partial charge in [0.05, 0.1) is 14.2 Å². The van der Waals surface area contributed by atoms with Crippen molar-refractivity contribution in [1.29, 1.82) is 0 Å². The second kappa shape index (κ2) is 6.60. The maximum atomic E-state index is 12.1. The van der Waals surface area contributed by atoms with Gasteiger partial charge in [-0.1, -0.05) is 6.07 Å². The molecule has 0 N–H and O–H groups in total. The molecule has 0 aliphatic carbocycles. The Kier molecular flexibility index (Phi) is 4.61. The van der Waals surface area contributed by atoms with Crippen LogP contribution >= 0.6 is 0 Å². The molecule has 110 valence electrons. The minimum Gasteiger partial charge on any atom is -0.497 e. The third-order valence-corrected chi connectivity index (χ3v) is 2.80. The van der Waals surface area contributed by atoms with Crippen LogP contribution in [-0.2, 0) is 0 Å². The Labute approximate surface area is 122 Å². The van der Waals surface area contributed by atoms with Gasteiger partial charge in [-0.3, -0.25) is 4.90 Å². The lowest BCUT2D eigenvalue weighted by atomic mass is 10.3. The SMILES string of the molecule is COc1ccc(OC(=O)N(C)c2cccc(OC)n2)cc1. The minimum atomic E-state index is -0.541. The molecule has 6 nitrogen and oxygen atoms in total. The highest BCUT2D eigenvalue weighted by Gasteiger charge is 2.15. The zero-order valence-corrected chi connectivity index (χ0v) is 12.1. The predicted molar refractivity (Wildman–Crippen MR) is 78.2 cm³/mol. The van der Waals surface area contributed by atoms with E-state index in [4.69, 9.17) is 14.2 Å². The number of anilines is 1. The number of aromatic nitrogens is 1. The third-order valence-electron chi connectivity index (χ3n) is 2.80. The molecular formula is C15H16N2O4. The quantitative estimate of drug-likeness (QED) is 0.865. The Morgan fingerprint density at radius 2 is 1.67 bits per heavy atom. The number of rotatable bonds is 4. The molecule has 2 aromatic rings. The molecule has 21 heavy (non-hydrogen) atoms. The van der Waals surface area contributed by atoms with Gasteiger partial charge >= 0.3 is 6.09 Å². The van der Waals surface area contributed by atoms with Gasteiger partial charge in [-0.25, -0.2) is 4.79 Å². The van der Waals surface area contributed by atoms with Crippen LogP contribution in [0, 0.1) is 0 Å². The average molecular weight is 288 g/mol. The Morgan fingerprint density at radius 3 is 2.29 bits per heavy atom. The van der Waals surface area contributed by atoms with E-state index in [0.29, 0.717) is 23.2 Å². The molecule has 1 aromatic heterocycles. The fourth-order valence-electron chi connectivity index (χ4n) is 1.61. The van der Waals surface area contributed by atoms with E-state index in [0.717, 1.165) is 0 Å². The van der Waals surface area contributed by atoms with Gasteiger partial charge in [-0.15, -0.1) is 0 Å². The van der Waals surface area contributed by atoms with Crippen LogP contribution in [0.4, 0.5) is 10.6 Å². The molecule has 0 radical (unpaired) electrons. The summed E-state index contributed by atoms with van der Waals surface area (Å²) in [5.41, 5.74) is 0. The number of carbonyl (C=O) groups excluding carboxylic acids is 1. The van der Waals surface area contributed by atoms with Crippen LogP contribution in [0.25, 0.3) is 0 Å². The number of nitrogens with zero attached hydrogens (tertiary/aromatic N) is 2. The molecule has 2 rings (SSSR count). The number of hydrogen-bond acceptors (Lipinski definition) is 5. The first-order valence-corrected chi connectivity index (χ1v) is 6.24. The van der Waals surface area contributed by atoms with E-state index in [1.165, 1.54) is 12.0 Å². The number of benzene rings is 1. The standard InChI is InChI=1S/C15H16N2O4/c1-17(13-5-4-6-14(16-13)20-3)15(18)21-12-9-7-11(19-2)8-10-12/h4-10H,1-3H3. The zero-order chi connectivity index (χ0) is 15.2. The molecule has 6 heteroatoms. The third kappa shape index (κ3) is 3.62. The molecule has 1 aromatic carbocycles. The first kappa shape index (κ1) is 14.6. The first-order valence-electron chi connectivity index (χ1n) is 6.24. The number of amides is 1. The molecule has 0 atom stereocenters. The van der Waals surface area contributed by atoms with Gasteiger partial charge in [-0.2, -0.15) is 4.98 Å². The van der Waals surface area contributed by atoms with E-state index in [2.05, 4.69) is 4.98 Å². The van der Waals surface area contributed by atoms with Gasteiger partial charge in [0.1, 0.15) is 17.3 Å². The Balaban J connectivity index is 2.07. The topological polar surface area (TPSA) is 60.9 Å². The summed E-state index contributed by atoms with van der Waals surface area (Å²) in [6.07, 6.45) is -0.541. The molecule has 0 bridgehead atoms. The molecule has 0 aliphatic heterocycles. The van der Waals surface area contributed by atoms with Crippen LogP contribution in [0.5, 0.6) is 17.4 Å². The van der Waals surface area contributed by atoms with Gasteiger partial charge in [0.25, 0.3) is 0 Å². The van der Waals surface area contributed by atoms with Crippen molar-refractivity contribution in [3.63, 3.8) is 0 Å². The Morgan fingerprint density at radius 1 is 1.00 bits per heavy atom. The van der Waals surface area contributed by atoms with Crippen LogP contribution in [0.3, 0.4) is 0 Å². The molecule has 0 saturated heterocycles. The molecular weight excluding hydrogens is 272 g/mol. The van der Waals surface area contributed by atoms with E-state index in [1.54, 1.807) is 56.6 Å². The van der Waals surface area contributed by atoms with Gasteiger partial charge < -0.3 is 14.2 Å². The second-order valence-electron chi connectivity index (χ2n) is 4.14. The van der Waals surface area contributed by atoms with Crippen molar-refractivity contribution in [3.05, 3.63) is 42.5 Å². The maximum absolute atomic E-state index is 12.1. The number of methoxy groups -OCH3 is 2. The second-order valence-corrected chi connectivity index (χ2v) is 4.14. The summed E-state index contributed by atoms with van der Waals surface area (Å²) in [4.78, 5) is 17.5. The van der Waals surface area contributed by atoms with Gasteiger partial charge in [0, 0.05) is 13.1 Å². The van der Waals surface area contributed by atoms with Crippen LogP contribution < -0.4 is 19.1 Å². The van der Waals surface area contributed by atoms with Gasteiger partial charge in [0.15, 0.2) is 0 Å². The summed E-state index contributed by atoms with van der Waals surface area (Å²) in [6, 6.07) is 11.9. The summed E-state index contributed by atoms with van der Waals surface area (Å²) in [7, 11) is 4.67. The van der Waals surface area contributed by atoms with Crippen molar-refractivity contribution in [2.45, 2.75) is 0 Å². The van der Waals surface area contributed by atoms with Crippen LogP contribution in [0.15, 0.2) is 42.5 Å². The molecule has 1 heterocycles. The first-order chi connectivity index (χ1) is 10.1. The summed E-state index contributed by atoms with van der Waals surface area (Å²) < 4.78 is 15.3. The number of hydrogen-bond donors (Lipinski definition) is 0. The predicted octanol–water partition coefficient (Wildman–Crippen LogP) is 2.73. The van der Waals surface area contributed by atoms with Crippen molar-refractivity contribution < 1.29 is 19.0 Å². The van der Waals surface area contributed by atoms with Crippen molar-refractivity contribution in [2.75, 3.05) is 26.2 Å². The summed E-state index contributed by atoms with van der Waals surface area (Å²) in [6.45, 7) is 0. The minimum absolute atomic E-state index is 0.426. The van der Waals surface area contributed by atoms with E-state index in [9.17, 15) is 4.79 Å². The van der Waals surface area contributed by atoms with E-state index in [-0.39, 0.29) is 0 Å². The molecule has 0 aliphatic rings. The average Bonchev–Trinajstić information content (AvgIpc) is 2.54. The number of pyridine rings is 1. The molecule has 1 amide bonds. The fraction of sp³-hybridized carbons (Fsp3) is 0.200. The molecule has 0 fully saturated rings. The molecule has 0 spiro atoms. The van der Waals surface area contributed by atoms with Crippen molar-refractivity contribution >= 4 is 11.9 Å². The summed E-state index contributed by atoms with van der Waals surface area (Å²) in [5.74, 6) is 1.98. The normalized spacial score (nSPS) is 9.86. The monoisotopic (exact) mass is 288 g/mol. The lowest BCUT2D eigenvalue weighted by molar-refractivity contribution is 0.209. The van der Waals surface area contributed by atoms with Gasteiger partial charge in [0.2, 0.25) is 5.88 Å². The van der Waals surface area contributed by atoms with E-state index >= 15 is 0 Å². The summed E-state index contributed by atoms with van der Waals surface area (Å²) >= 11 is 0. The van der Waals surface area contributed by atoms with Crippen LogP contribution in [0.1, 0.15) is 0 Å². The Hall–Kier alpha value is -2.76. The largest absolute Gasteiger partial charge is 0.497 e. The van der Waals surface area contributed by atoms with Crippen molar-refractivity contribution in [2.24, 2.45) is 0 Å². The van der Waals surface area contributed by atoms with Crippen molar-refractivity contribution in [1.82, 2.24) is 4.98 Å². The van der Waals surface area contributed by atoms with E-state index in [1.807, 2.05) is 0 Å². The van der Waals surface area contributed by atoms with Gasteiger partial charge in [-0.05, 0) is 30.3 Å². The molecule has 0 saturated carbocycles. The smallest absolute Gasteiger partial charge is 0.420 e. The highest BCUT2D eigenvalue weighted by molar-refractivity contribution is 5.87.